The fourth-order valence-electron chi connectivity index (χ4n) is 2.18. The Labute approximate surface area is 157 Å². The second-order valence-electron chi connectivity index (χ2n) is 5.23. The molecule has 24 heavy (non-hydrogen) atoms. The van der Waals surface area contributed by atoms with E-state index in [0.29, 0.717) is 34.9 Å². The van der Waals surface area contributed by atoms with E-state index in [4.69, 9.17) is 22.1 Å². The van der Waals surface area contributed by atoms with Crippen LogP contribution in [0.5, 0.6) is 0 Å². The summed E-state index contributed by atoms with van der Waals surface area (Å²) >= 11 is 10.8. The highest BCUT2D eigenvalue weighted by Gasteiger charge is 2.19. The highest BCUT2D eigenvalue weighted by atomic mass is 79.9. The SMILES string of the molecule is Cc1nc(N2CCOCC2)nc(Sc2nc(Cl)nc(C)c2Br)c1N. The Hall–Kier alpha value is -1.16. The first-order valence-electron chi connectivity index (χ1n) is 7.30. The van der Waals surface area contributed by atoms with E-state index in [1.807, 2.05) is 13.8 Å². The lowest BCUT2D eigenvalue weighted by atomic mass is 10.4. The summed E-state index contributed by atoms with van der Waals surface area (Å²) in [5, 5.41) is 1.51. The van der Waals surface area contributed by atoms with Crippen molar-refractivity contribution in [2.75, 3.05) is 36.9 Å². The van der Waals surface area contributed by atoms with Crippen LogP contribution in [0, 0.1) is 13.8 Å². The van der Waals surface area contributed by atoms with Crippen LogP contribution in [0.4, 0.5) is 11.6 Å². The summed E-state index contributed by atoms with van der Waals surface area (Å²) in [5.74, 6) is 0.653. The minimum absolute atomic E-state index is 0.191. The third kappa shape index (κ3) is 3.74. The summed E-state index contributed by atoms with van der Waals surface area (Å²) in [4.78, 5) is 19.6. The summed E-state index contributed by atoms with van der Waals surface area (Å²) in [6.45, 7) is 6.59. The van der Waals surface area contributed by atoms with E-state index < -0.39 is 0 Å². The Morgan fingerprint density at radius 3 is 2.50 bits per heavy atom. The lowest BCUT2D eigenvalue weighted by Crippen LogP contribution is -2.37. The Morgan fingerprint density at radius 1 is 1.08 bits per heavy atom. The van der Waals surface area contributed by atoms with E-state index >= 15 is 0 Å². The molecule has 1 aliphatic heterocycles. The van der Waals surface area contributed by atoms with Crippen LogP contribution in [-0.4, -0.2) is 46.2 Å². The van der Waals surface area contributed by atoms with Crippen molar-refractivity contribution in [2.24, 2.45) is 0 Å². The molecule has 2 aromatic rings. The van der Waals surface area contributed by atoms with Gasteiger partial charge in [-0.05, 0) is 53.1 Å². The molecule has 0 spiro atoms. The molecule has 10 heteroatoms. The molecule has 128 valence electrons. The van der Waals surface area contributed by atoms with Gasteiger partial charge in [-0.3, -0.25) is 0 Å². The van der Waals surface area contributed by atoms with Crippen LogP contribution in [0.2, 0.25) is 5.28 Å². The monoisotopic (exact) mass is 430 g/mol. The average Bonchev–Trinajstić information content (AvgIpc) is 2.57. The van der Waals surface area contributed by atoms with Crippen LogP contribution in [0.1, 0.15) is 11.4 Å². The molecule has 1 saturated heterocycles. The molecule has 0 saturated carbocycles. The molecule has 3 heterocycles. The van der Waals surface area contributed by atoms with Crippen LogP contribution in [0.15, 0.2) is 14.5 Å². The average molecular weight is 432 g/mol. The van der Waals surface area contributed by atoms with Gasteiger partial charge in [0.1, 0.15) is 10.1 Å². The number of ether oxygens (including phenoxy) is 1. The molecule has 7 nitrogen and oxygen atoms in total. The number of rotatable bonds is 3. The van der Waals surface area contributed by atoms with Crippen molar-refractivity contribution in [3.63, 3.8) is 0 Å². The summed E-state index contributed by atoms with van der Waals surface area (Å²) in [6, 6.07) is 0. The zero-order valence-corrected chi connectivity index (χ0v) is 16.4. The number of nitrogens with zero attached hydrogens (tertiary/aromatic N) is 5. The number of nitrogen functional groups attached to an aromatic ring is 1. The molecule has 0 radical (unpaired) electrons. The molecule has 2 aromatic heterocycles. The maximum atomic E-state index is 6.17. The molecular weight excluding hydrogens is 416 g/mol. The molecule has 3 rings (SSSR count). The normalized spacial score (nSPS) is 14.9. The van der Waals surface area contributed by atoms with Gasteiger partial charge in [0.2, 0.25) is 11.2 Å². The Balaban J connectivity index is 1.97. The minimum Gasteiger partial charge on any atom is -0.395 e. The third-order valence-corrected chi connectivity index (χ3v) is 5.91. The topological polar surface area (TPSA) is 90.0 Å². The quantitative estimate of drug-likeness (QED) is 0.586. The first kappa shape index (κ1) is 17.7. The van der Waals surface area contributed by atoms with Crippen molar-refractivity contribution >= 4 is 50.9 Å². The van der Waals surface area contributed by atoms with Crippen molar-refractivity contribution in [3.8, 4) is 0 Å². The van der Waals surface area contributed by atoms with Crippen molar-refractivity contribution < 1.29 is 4.74 Å². The molecule has 0 amide bonds. The lowest BCUT2D eigenvalue weighted by Gasteiger charge is -2.27. The zero-order valence-electron chi connectivity index (χ0n) is 13.2. The maximum absolute atomic E-state index is 6.17. The molecular formula is C14H16BrClN6OS. The largest absolute Gasteiger partial charge is 0.395 e. The van der Waals surface area contributed by atoms with Gasteiger partial charge >= 0.3 is 0 Å². The fourth-order valence-corrected chi connectivity index (χ4v) is 3.80. The highest BCUT2D eigenvalue weighted by Crippen LogP contribution is 2.37. The van der Waals surface area contributed by atoms with Crippen molar-refractivity contribution in [2.45, 2.75) is 23.9 Å². The summed E-state index contributed by atoms with van der Waals surface area (Å²) in [6.07, 6.45) is 0. The van der Waals surface area contributed by atoms with Crippen molar-refractivity contribution in [1.82, 2.24) is 19.9 Å². The number of hydrogen-bond acceptors (Lipinski definition) is 8. The van der Waals surface area contributed by atoms with E-state index in [1.165, 1.54) is 11.8 Å². The van der Waals surface area contributed by atoms with Gasteiger partial charge in [0.05, 0.1) is 34.8 Å². The molecule has 0 atom stereocenters. The smallest absolute Gasteiger partial charge is 0.226 e. The summed E-state index contributed by atoms with van der Waals surface area (Å²) in [5.41, 5.74) is 8.21. The summed E-state index contributed by atoms with van der Waals surface area (Å²) < 4.78 is 6.16. The molecule has 1 fully saturated rings. The van der Waals surface area contributed by atoms with Gasteiger partial charge in [-0.2, -0.15) is 0 Å². The number of halogens is 2. The van der Waals surface area contributed by atoms with E-state index in [9.17, 15) is 0 Å². The fraction of sp³-hybridized carbons (Fsp3) is 0.429. The van der Waals surface area contributed by atoms with Gasteiger partial charge in [-0.25, -0.2) is 19.9 Å². The summed E-state index contributed by atoms with van der Waals surface area (Å²) in [7, 11) is 0. The van der Waals surface area contributed by atoms with E-state index in [0.717, 1.165) is 29.0 Å². The number of anilines is 2. The van der Waals surface area contributed by atoms with E-state index in [-0.39, 0.29) is 5.28 Å². The number of nitrogens with two attached hydrogens (primary N) is 1. The van der Waals surface area contributed by atoms with Gasteiger partial charge in [0.25, 0.3) is 0 Å². The van der Waals surface area contributed by atoms with E-state index in [2.05, 4.69) is 40.8 Å². The number of morpholine rings is 1. The number of hydrogen-bond donors (Lipinski definition) is 1. The Bertz CT molecular complexity index is 771. The molecule has 2 N–H and O–H groups in total. The number of aromatic nitrogens is 4. The van der Waals surface area contributed by atoms with Crippen LogP contribution in [0.3, 0.4) is 0 Å². The van der Waals surface area contributed by atoms with Crippen molar-refractivity contribution in [1.29, 1.82) is 0 Å². The zero-order chi connectivity index (χ0) is 17.3. The second kappa shape index (κ2) is 7.38. The number of aryl methyl sites for hydroxylation is 2. The lowest BCUT2D eigenvalue weighted by molar-refractivity contribution is 0.122. The van der Waals surface area contributed by atoms with Gasteiger partial charge in [-0.1, -0.05) is 0 Å². The van der Waals surface area contributed by atoms with E-state index in [1.54, 1.807) is 0 Å². The van der Waals surface area contributed by atoms with Gasteiger partial charge in [-0.15, -0.1) is 0 Å². The minimum atomic E-state index is 0.191. The highest BCUT2D eigenvalue weighted by molar-refractivity contribution is 9.10. The maximum Gasteiger partial charge on any atom is 0.226 e. The molecule has 0 aromatic carbocycles. The van der Waals surface area contributed by atoms with Crippen molar-refractivity contribution in [3.05, 3.63) is 21.1 Å². The first-order chi connectivity index (χ1) is 11.5. The molecule has 1 aliphatic rings. The van der Waals surface area contributed by atoms with Gasteiger partial charge < -0.3 is 15.4 Å². The first-order valence-corrected chi connectivity index (χ1v) is 9.28. The second-order valence-corrected chi connectivity index (χ2v) is 7.34. The van der Waals surface area contributed by atoms with Crippen LogP contribution in [0.25, 0.3) is 0 Å². The Morgan fingerprint density at radius 2 is 1.79 bits per heavy atom. The predicted octanol–water partition coefficient (Wildman–Crippen LogP) is 2.87. The van der Waals surface area contributed by atoms with Crippen LogP contribution < -0.4 is 10.6 Å². The standard InChI is InChI=1S/C14H16BrClN6OS/c1-7-9(15)11(20-13(16)18-7)24-12-10(17)8(2)19-14(21-12)22-3-5-23-6-4-22/h3-6,17H2,1-2H3. The van der Waals surface area contributed by atoms with Gasteiger partial charge in [0, 0.05) is 13.1 Å². The van der Waals surface area contributed by atoms with Gasteiger partial charge in [0.15, 0.2) is 0 Å². The van der Waals surface area contributed by atoms with Crippen LogP contribution >= 0.6 is 39.3 Å². The molecule has 0 aliphatic carbocycles. The Kier molecular flexibility index (Phi) is 5.43. The molecule has 0 unspecified atom stereocenters. The van der Waals surface area contributed by atoms with Crippen LogP contribution in [-0.2, 0) is 4.74 Å². The molecule has 0 bridgehead atoms. The third-order valence-electron chi connectivity index (χ3n) is 3.54. The predicted molar refractivity (Wildman–Crippen MR) is 97.8 cm³/mol.